The Morgan fingerprint density at radius 1 is 0.917 bits per heavy atom. The van der Waals surface area contributed by atoms with Gasteiger partial charge in [0.15, 0.2) is 0 Å². The first-order valence-electron chi connectivity index (χ1n) is 8.55. The molecule has 1 amide bonds. The summed E-state index contributed by atoms with van der Waals surface area (Å²) in [5, 5.41) is 11.2. The molecule has 140 valence electrons. The van der Waals surface area contributed by atoms with Crippen LogP contribution in [-0.4, -0.2) is 41.9 Å². The van der Waals surface area contributed by atoms with Crippen molar-refractivity contribution in [3.63, 3.8) is 0 Å². The molecule has 0 aromatic heterocycles. The predicted octanol–water partition coefficient (Wildman–Crippen LogP) is 3.26. The number of esters is 1. The van der Waals surface area contributed by atoms with Crippen LogP contribution in [0.2, 0.25) is 0 Å². The van der Waals surface area contributed by atoms with E-state index in [2.05, 4.69) is 5.32 Å². The molecule has 0 bridgehead atoms. The number of unbranched alkanes of at least 4 members (excludes halogenated alkanes) is 4. The first-order chi connectivity index (χ1) is 11.2. The average molecular weight is 345 g/mol. The molecule has 0 aliphatic rings. The maximum Gasteiger partial charge on any atom is 0.407 e. The number of carbonyl (C=O) groups is 3. The van der Waals surface area contributed by atoms with Crippen molar-refractivity contribution >= 4 is 18.0 Å². The van der Waals surface area contributed by atoms with E-state index in [9.17, 15) is 14.4 Å². The quantitative estimate of drug-likeness (QED) is 0.416. The molecule has 0 aliphatic heterocycles. The molecular weight excluding hydrogens is 314 g/mol. The van der Waals surface area contributed by atoms with Crippen LogP contribution >= 0.6 is 0 Å². The summed E-state index contributed by atoms with van der Waals surface area (Å²) in [6.07, 6.45) is 4.46. The first-order valence-corrected chi connectivity index (χ1v) is 8.55. The Morgan fingerprint density at radius 2 is 1.54 bits per heavy atom. The number of aliphatic carboxylic acids is 1. The van der Waals surface area contributed by atoms with Gasteiger partial charge in [-0.05, 0) is 52.9 Å². The monoisotopic (exact) mass is 345 g/mol. The summed E-state index contributed by atoms with van der Waals surface area (Å²) < 4.78 is 10.2. The molecule has 0 aliphatic carbocycles. The van der Waals surface area contributed by atoms with Crippen molar-refractivity contribution < 1.29 is 29.0 Å². The van der Waals surface area contributed by atoms with Gasteiger partial charge in [-0.25, -0.2) is 4.79 Å². The van der Waals surface area contributed by atoms with E-state index >= 15 is 0 Å². The van der Waals surface area contributed by atoms with Crippen molar-refractivity contribution in [3.8, 4) is 0 Å². The van der Waals surface area contributed by atoms with Gasteiger partial charge in [0.1, 0.15) is 5.60 Å². The third-order valence-electron chi connectivity index (χ3n) is 3.02. The Morgan fingerprint density at radius 3 is 2.17 bits per heavy atom. The number of alkyl carbamates (subject to hydrolysis) is 1. The van der Waals surface area contributed by atoms with Crippen LogP contribution in [0, 0.1) is 0 Å². The van der Waals surface area contributed by atoms with E-state index < -0.39 is 17.7 Å². The second kappa shape index (κ2) is 12.6. The number of carboxylic acid groups (broad SMARTS) is 1. The van der Waals surface area contributed by atoms with Crippen LogP contribution in [0.25, 0.3) is 0 Å². The van der Waals surface area contributed by atoms with Crippen LogP contribution in [-0.2, 0) is 19.1 Å². The van der Waals surface area contributed by atoms with Crippen molar-refractivity contribution in [2.24, 2.45) is 0 Å². The van der Waals surface area contributed by atoms with Gasteiger partial charge in [-0.3, -0.25) is 9.59 Å². The van der Waals surface area contributed by atoms with Crippen LogP contribution in [0.5, 0.6) is 0 Å². The Balaban J connectivity index is 3.40. The molecule has 0 rings (SSSR count). The van der Waals surface area contributed by atoms with E-state index in [0.29, 0.717) is 38.8 Å². The standard InChI is InChI=1S/C17H31NO6/c1-17(2,3)24-16(22)18-12-8-4-7-11-15(21)23-13-9-5-6-10-14(19)20/h4-13H2,1-3H3,(H,18,22)(H,19,20). The number of carboxylic acids is 1. The van der Waals surface area contributed by atoms with Crippen molar-refractivity contribution in [3.05, 3.63) is 0 Å². The first kappa shape index (κ1) is 22.2. The highest BCUT2D eigenvalue weighted by Crippen LogP contribution is 2.07. The molecule has 0 fully saturated rings. The average Bonchev–Trinajstić information content (AvgIpc) is 2.44. The minimum Gasteiger partial charge on any atom is -0.481 e. The highest BCUT2D eigenvalue weighted by Gasteiger charge is 2.15. The zero-order chi connectivity index (χ0) is 18.4. The summed E-state index contributed by atoms with van der Waals surface area (Å²) in [5.41, 5.74) is -0.499. The van der Waals surface area contributed by atoms with Gasteiger partial charge in [-0.2, -0.15) is 0 Å². The van der Waals surface area contributed by atoms with Gasteiger partial charge in [0.05, 0.1) is 6.61 Å². The van der Waals surface area contributed by atoms with Crippen molar-refractivity contribution in [2.75, 3.05) is 13.2 Å². The van der Waals surface area contributed by atoms with Gasteiger partial charge >= 0.3 is 18.0 Å². The van der Waals surface area contributed by atoms with Crippen LogP contribution < -0.4 is 5.32 Å². The highest BCUT2D eigenvalue weighted by atomic mass is 16.6. The molecule has 24 heavy (non-hydrogen) atoms. The fourth-order valence-electron chi connectivity index (χ4n) is 1.89. The van der Waals surface area contributed by atoms with Crippen LogP contribution in [0.4, 0.5) is 4.79 Å². The fraction of sp³-hybridized carbons (Fsp3) is 0.824. The lowest BCUT2D eigenvalue weighted by molar-refractivity contribution is -0.144. The summed E-state index contributed by atoms with van der Waals surface area (Å²) in [4.78, 5) is 33.2. The van der Waals surface area contributed by atoms with Crippen LogP contribution in [0.15, 0.2) is 0 Å². The summed E-state index contributed by atoms with van der Waals surface area (Å²) in [6, 6.07) is 0. The number of ether oxygens (including phenoxy) is 2. The van der Waals surface area contributed by atoms with E-state index in [4.69, 9.17) is 14.6 Å². The minimum absolute atomic E-state index is 0.158. The molecule has 0 aromatic carbocycles. The topological polar surface area (TPSA) is 102 Å². The molecule has 0 aromatic rings. The summed E-state index contributed by atoms with van der Waals surface area (Å²) in [7, 11) is 0. The van der Waals surface area contributed by atoms with E-state index in [1.807, 2.05) is 20.8 Å². The lowest BCUT2D eigenvalue weighted by Gasteiger charge is -2.19. The Bertz CT molecular complexity index is 389. The molecule has 7 nitrogen and oxygen atoms in total. The molecule has 2 N–H and O–H groups in total. The number of rotatable bonds is 12. The van der Waals surface area contributed by atoms with Gasteiger partial charge in [-0.15, -0.1) is 0 Å². The highest BCUT2D eigenvalue weighted by molar-refractivity contribution is 5.69. The zero-order valence-electron chi connectivity index (χ0n) is 15.1. The molecule has 7 heteroatoms. The number of hydrogen-bond acceptors (Lipinski definition) is 5. The van der Waals surface area contributed by atoms with E-state index in [0.717, 1.165) is 19.3 Å². The third kappa shape index (κ3) is 16.6. The molecule has 0 heterocycles. The Labute approximate surface area is 144 Å². The predicted molar refractivity (Wildman–Crippen MR) is 89.8 cm³/mol. The second-order valence-corrected chi connectivity index (χ2v) is 6.66. The molecule has 0 saturated carbocycles. The molecule has 0 unspecified atom stereocenters. The maximum atomic E-state index is 11.5. The van der Waals surface area contributed by atoms with E-state index in [1.165, 1.54) is 0 Å². The smallest absolute Gasteiger partial charge is 0.407 e. The van der Waals surface area contributed by atoms with Crippen molar-refractivity contribution in [2.45, 2.75) is 77.7 Å². The fourth-order valence-corrected chi connectivity index (χ4v) is 1.89. The number of nitrogens with one attached hydrogen (secondary N) is 1. The molecule has 0 atom stereocenters. The normalized spacial score (nSPS) is 11.0. The van der Waals surface area contributed by atoms with Gasteiger partial charge in [0.2, 0.25) is 0 Å². The minimum atomic E-state index is -0.798. The van der Waals surface area contributed by atoms with Crippen molar-refractivity contribution in [1.29, 1.82) is 0 Å². The maximum absolute atomic E-state index is 11.5. The zero-order valence-corrected chi connectivity index (χ0v) is 15.1. The molecule has 0 radical (unpaired) electrons. The lowest BCUT2D eigenvalue weighted by atomic mass is 10.2. The third-order valence-corrected chi connectivity index (χ3v) is 3.02. The second-order valence-electron chi connectivity index (χ2n) is 6.66. The number of amides is 1. The van der Waals surface area contributed by atoms with Gasteiger partial charge in [-0.1, -0.05) is 6.42 Å². The van der Waals surface area contributed by atoms with Crippen LogP contribution in [0.3, 0.4) is 0 Å². The van der Waals surface area contributed by atoms with E-state index in [-0.39, 0.29) is 12.4 Å². The Hall–Kier alpha value is -1.79. The SMILES string of the molecule is CC(C)(C)OC(=O)NCCCCCC(=O)OCCCCCC(=O)O. The van der Waals surface area contributed by atoms with Crippen LogP contribution in [0.1, 0.15) is 72.1 Å². The molecule has 0 saturated heterocycles. The van der Waals surface area contributed by atoms with Gasteiger partial charge in [0.25, 0.3) is 0 Å². The number of hydrogen-bond donors (Lipinski definition) is 2. The summed E-state index contributed by atoms with van der Waals surface area (Å²) >= 11 is 0. The summed E-state index contributed by atoms with van der Waals surface area (Å²) in [6.45, 7) is 6.30. The molecular formula is C17H31NO6. The van der Waals surface area contributed by atoms with E-state index in [1.54, 1.807) is 0 Å². The summed E-state index contributed by atoms with van der Waals surface area (Å²) in [5.74, 6) is -1.03. The lowest BCUT2D eigenvalue weighted by Crippen LogP contribution is -2.32. The van der Waals surface area contributed by atoms with Crippen molar-refractivity contribution in [1.82, 2.24) is 5.32 Å². The number of carbonyl (C=O) groups excluding carboxylic acids is 2. The van der Waals surface area contributed by atoms with Gasteiger partial charge < -0.3 is 19.9 Å². The molecule has 0 spiro atoms. The Kier molecular flexibility index (Phi) is 11.7. The largest absolute Gasteiger partial charge is 0.481 e. The van der Waals surface area contributed by atoms with Gasteiger partial charge in [0, 0.05) is 19.4 Å².